The topological polar surface area (TPSA) is 49.3 Å². The van der Waals surface area contributed by atoms with Crippen molar-refractivity contribution in [3.63, 3.8) is 0 Å². The first kappa shape index (κ1) is 15.2. The van der Waals surface area contributed by atoms with Gasteiger partial charge in [-0.2, -0.15) is 0 Å². The number of carbonyl (C=O) groups is 1. The molecule has 0 bridgehead atoms. The zero-order valence-electron chi connectivity index (χ0n) is 12.7. The zero-order valence-corrected chi connectivity index (χ0v) is 13.4. The van der Waals surface area contributed by atoms with Crippen molar-refractivity contribution in [2.45, 2.75) is 18.4 Å². The maximum atomic E-state index is 13.7. The number of carboxylic acids is 1. The molecule has 0 radical (unpaired) electrons. The maximum absolute atomic E-state index is 13.7. The maximum Gasteiger partial charge on any atom is 0.336 e. The van der Waals surface area contributed by atoms with Gasteiger partial charge in [-0.15, -0.1) is 0 Å². The van der Waals surface area contributed by atoms with E-state index in [4.69, 9.17) is 11.6 Å². The van der Waals surface area contributed by atoms with E-state index in [1.165, 1.54) is 12.1 Å². The van der Waals surface area contributed by atoms with Gasteiger partial charge in [0.15, 0.2) is 0 Å². The van der Waals surface area contributed by atoms with Crippen LogP contribution in [0.3, 0.4) is 0 Å². The fraction of sp³-hybridized carbons (Fsp3) is 0.211. The molecule has 1 aliphatic carbocycles. The molecule has 2 aromatic rings. The van der Waals surface area contributed by atoms with Gasteiger partial charge in [-0.3, -0.25) is 0 Å². The molecule has 1 aliphatic heterocycles. The van der Waals surface area contributed by atoms with E-state index in [1.54, 1.807) is 18.2 Å². The van der Waals surface area contributed by atoms with Crippen LogP contribution in [0.5, 0.6) is 0 Å². The van der Waals surface area contributed by atoms with Crippen LogP contribution < -0.4 is 5.32 Å². The first-order chi connectivity index (χ1) is 11.6. The lowest BCUT2D eigenvalue weighted by Crippen LogP contribution is -2.30. The minimum absolute atomic E-state index is 0.0423. The van der Waals surface area contributed by atoms with Crippen LogP contribution in [0, 0.1) is 11.7 Å². The van der Waals surface area contributed by atoms with E-state index in [-0.39, 0.29) is 29.3 Å². The summed E-state index contributed by atoms with van der Waals surface area (Å²) in [6.45, 7) is 0. The highest BCUT2D eigenvalue weighted by Gasteiger charge is 2.40. The van der Waals surface area contributed by atoms with Crippen molar-refractivity contribution in [3.8, 4) is 0 Å². The highest BCUT2D eigenvalue weighted by molar-refractivity contribution is 6.33. The summed E-state index contributed by atoms with van der Waals surface area (Å²) in [6, 6.07) is 9.54. The third-order valence-corrected chi connectivity index (χ3v) is 5.22. The molecule has 3 atom stereocenters. The normalized spacial score (nSPS) is 24.2. The largest absolute Gasteiger partial charge is 0.478 e. The molecular formula is C19H15ClFNO2. The number of fused-ring (bicyclic) bond motifs is 3. The number of hydrogen-bond donors (Lipinski definition) is 2. The van der Waals surface area contributed by atoms with Crippen molar-refractivity contribution >= 4 is 23.3 Å². The molecule has 0 fully saturated rings. The van der Waals surface area contributed by atoms with E-state index in [0.717, 1.165) is 17.5 Å². The predicted molar refractivity (Wildman–Crippen MR) is 91.2 cm³/mol. The van der Waals surface area contributed by atoms with E-state index in [2.05, 4.69) is 11.4 Å². The van der Waals surface area contributed by atoms with Gasteiger partial charge < -0.3 is 10.4 Å². The molecule has 3 nitrogen and oxygen atoms in total. The lowest BCUT2D eigenvalue weighted by molar-refractivity contribution is 0.0695. The van der Waals surface area contributed by atoms with Crippen LogP contribution >= 0.6 is 11.6 Å². The third-order valence-electron chi connectivity index (χ3n) is 4.91. The van der Waals surface area contributed by atoms with Gasteiger partial charge in [-0.25, -0.2) is 9.18 Å². The van der Waals surface area contributed by atoms with Crippen molar-refractivity contribution in [3.05, 3.63) is 76.1 Å². The summed E-state index contributed by atoms with van der Waals surface area (Å²) in [5.74, 6) is -1.16. The summed E-state index contributed by atoms with van der Waals surface area (Å²) in [4.78, 5) is 11.6. The monoisotopic (exact) mass is 343 g/mol. The molecule has 24 heavy (non-hydrogen) atoms. The Morgan fingerprint density at radius 2 is 2.12 bits per heavy atom. The Bertz CT molecular complexity index is 864. The van der Waals surface area contributed by atoms with Crippen molar-refractivity contribution in [2.24, 2.45) is 5.92 Å². The average molecular weight is 344 g/mol. The number of aromatic carboxylic acids is 1. The molecule has 2 aromatic carbocycles. The van der Waals surface area contributed by atoms with Gasteiger partial charge in [0, 0.05) is 5.92 Å². The Morgan fingerprint density at radius 3 is 2.88 bits per heavy atom. The molecule has 0 saturated heterocycles. The van der Waals surface area contributed by atoms with Crippen molar-refractivity contribution in [2.75, 3.05) is 5.32 Å². The fourth-order valence-corrected chi connectivity index (χ4v) is 4.11. The van der Waals surface area contributed by atoms with Crippen LogP contribution in [0.15, 0.2) is 48.6 Å². The minimum atomic E-state index is -0.965. The molecule has 5 heteroatoms. The number of anilines is 1. The molecule has 2 N–H and O–H groups in total. The Hall–Kier alpha value is -2.33. The van der Waals surface area contributed by atoms with Crippen LogP contribution in [-0.4, -0.2) is 11.1 Å². The summed E-state index contributed by atoms with van der Waals surface area (Å²) in [6.07, 6.45) is 4.91. The average Bonchev–Trinajstić information content (AvgIpc) is 3.04. The smallest absolute Gasteiger partial charge is 0.336 e. The molecule has 0 spiro atoms. The second kappa shape index (κ2) is 5.64. The van der Waals surface area contributed by atoms with Crippen molar-refractivity contribution < 1.29 is 14.3 Å². The number of halogens is 2. The van der Waals surface area contributed by atoms with Crippen molar-refractivity contribution in [1.82, 2.24) is 0 Å². The highest BCUT2D eigenvalue weighted by atomic mass is 35.5. The van der Waals surface area contributed by atoms with Gasteiger partial charge >= 0.3 is 5.97 Å². The molecule has 0 saturated carbocycles. The highest BCUT2D eigenvalue weighted by Crippen LogP contribution is 2.52. The first-order valence-electron chi connectivity index (χ1n) is 7.80. The first-order valence-corrected chi connectivity index (χ1v) is 8.18. The number of allylic oxidation sites excluding steroid dienone is 2. The molecule has 0 aromatic heterocycles. The quantitative estimate of drug-likeness (QED) is 0.754. The van der Waals surface area contributed by atoms with E-state index in [1.807, 2.05) is 12.1 Å². The van der Waals surface area contributed by atoms with E-state index in [0.29, 0.717) is 10.7 Å². The van der Waals surface area contributed by atoms with E-state index < -0.39 is 5.97 Å². The summed E-state index contributed by atoms with van der Waals surface area (Å²) < 4.78 is 13.7. The Balaban J connectivity index is 1.88. The summed E-state index contributed by atoms with van der Waals surface area (Å²) in [7, 11) is 0. The number of nitrogens with one attached hydrogen (secondary N) is 1. The lowest BCUT2D eigenvalue weighted by Gasteiger charge is -2.38. The van der Waals surface area contributed by atoms with Gasteiger partial charge in [-0.05, 0) is 47.7 Å². The van der Waals surface area contributed by atoms with Crippen molar-refractivity contribution in [1.29, 1.82) is 0 Å². The number of carboxylic acid groups (broad SMARTS) is 1. The van der Waals surface area contributed by atoms with Gasteiger partial charge in [0.25, 0.3) is 0 Å². The van der Waals surface area contributed by atoms with Gasteiger partial charge in [0.2, 0.25) is 0 Å². The SMILES string of the molecule is O=C(O)c1ccc(Cl)c2c1C1C=CCC1[C@@H](c1cccc(F)c1)N2. The number of hydrogen-bond acceptors (Lipinski definition) is 2. The Labute approximate surface area is 143 Å². The molecule has 4 rings (SSSR count). The second-order valence-electron chi connectivity index (χ2n) is 6.22. The van der Waals surface area contributed by atoms with Gasteiger partial charge in [-0.1, -0.05) is 35.9 Å². The lowest BCUT2D eigenvalue weighted by atomic mass is 9.75. The minimum Gasteiger partial charge on any atom is -0.478 e. The molecule has 2 aliphatic rings. The fourth-order valence-electron chi connectivity index (χ4n) is 3.89. The molecule has 2 unspecified atom stereocenters. The van der Waals surface area contributed by atoms with E-state index in [9.17, 15) is 14.3 Å². The predicted octanol–water partition coefficient (Wildman–Crippen LogP) is 5.00. The van der Waals surface area contributed by atoms with Crippen LogP contribution in [0.1, 0.15) is 39.9 Å². The Morgan fingerprint density at radius 1 is 1.29 bits per heavy atom. The number of benzene rings is 2. The third kappa shape index (κ3) is 2.29. The van der Waals surface area contributed by atoms with Crippen LogP contribution in [-0.2, 0) is 0 Å². The van der Waals surface area contributed by atoms with Gasteiger partial charge in [0.05, 0.1) is 22.3 Å². The Kier molecular flexibility index (Phi) is 3.57. The van der Waals surface area contributed by atoms with Gasteiger partial charge in [0.1, 0.15) is 5.82 Å². The zero-order chi connectivity index (χ0) is 16.8. The number of rotatable bonds is 2. The standard InChI is InChI=1S/C19H15ClFNO2/c20-15-8-7-14(19(23)24)16-12-5-2-6-13(12)17(22-18(15)16)10-3-1-4-11(21)9-10/h1-5,7-9,12-13,17,22H,6H2,(H,23,24)/t12?,13?,17-/m1/s1. The van der Waals surface area contributed by atoms with Crippen LogP contribution in [0.25, 0.3) is 0 Å². The summed E-state index contributed by atoms with van der Waals surface area (Å²) >= 11 is 6.34. The molecule has 122 valence electrons. The molecule has 0 amide bonds. The van der Waals surface area contributed by atoms with E-state index >= 15 is 0 Å². The van der Waals surface area contributed by atoms with Crippen LogP contribution in [0.4, 0.5) is 10.1 Å². The summed E-state index contributed by atoms with van der Waals surface area (Å²) in [5.41, 5.74) is 2.47. The second-order valence-corrected chi connectivity index (χ2v) is 6.63. The molecule has 1 heterocycles. The van der Waals surface area contributed by atoms with Crippen LogP contribution in [0.2, 0.25) is 5.02 Å². The summed E-state index contributed by atoms with van der Waals surface area (Å²) in [5, 5.41) is 13.4. The molecular weight excluding hydrogens is 329 g/mol.